The fourth-order valence-corrected chi connectivity index (χ4v) is 3.13. The standard InChI is InChI=1S/C16H21N5OS/c1-23-16-19-8-13(9-20-16)11-21-6-4-12(10-21)7-18-15(22)14-3-2-5-17-14/h2-3,5,8-9,12,17H,4,6-7,10-11H2,1H3,(H,18,22). The molecule has 2 aromatic heterocycles. The minimum Gasteiger partial charge on any atom is -0.357 e. The number of H-pyrrole nitrogens is 1. The van der Waals surface area contributed by atoms with Gasteiger partial charge in [0.25, 0.3) is 5.91 Å². The zero-order valence-corrected chi connectivity index (χ0v) is 14.0. The Balaban J connectivity index is 1.44. The Kier molecular flexibility index (Phi) is 5.30. The molecule has 122 valence electrons. The third-order valence-corrected chi connectivity index (χ3v) is 4.61. The summed E-state index contributed by atoms with van der Waals surface area (Å²) in [6, 6.07) is 3.62. The molecule has 1 unspecified atom stereocenters. The lowest BCUT2D eigenvalue weighted by Crippen LogP contribution is -2.31. The predicted molar refractivity (Wildman–Crippen MR) is 90.3 cm³/mol. The first-order valence-corrected chi connectivity index (χ1v) is 8.96. The van der Waals surface area contributed by atoms with Gasteiger partial charge in [0.1, 0.15) is 5.69 Å². The molecule has 0 aliphatic carbocycles. The first kappa shape index (κ1) is 16.0. The van der Waals surface area contributed by atoms with Gasteiger partial charge in [-0.2, -0.15) is 0 Å². The minimum absolute atomic E-state index is 0.0329. The van der Waals surface area contributed by atoms with E-state index in [2.05, 4.69) is 25.2 Å². The third-order valence-electron chi connectivity index (χ3n) is 4.03. The number of carbonyl (C=O) groups excluding carboxylic acids is 1. The summed E-state index contributed by atoms with van der Waals surface area (Å²) in [5.74, 6) is 0.467. The molecule has 2 N–H and O–H groups in total. The molecule has 2 aromatic rings. The van der Waals surface area contributed by atoms with Crippen molar-refractivity contribution in [3.63, 3.8) is 0 Å². The van der Waals surface area contributed by atoms with Crippen LogP contribution in [0, 0.1) is 5.92 Å². The Bertz CT molecular complexity index is 628. The Hall–Kier alpha value is -1.86. The molecule has 0 radical (unpaired) electrons. The Labute approximate surface area is 140 Å². The number of likely N-dealkylation sites (tertiary alicyclic amines) is 1. The number of rotatable bonds is 6. The molecule has 0 aromatic carbocycles. The molecule has 1 amide bonds. The second-order valence-corrected chi connectivity index (χ2v) is 6.54. The van der Waals surface area contributed by atoms with Crippen LogP contribution in [-0.4, -0.2) is 51.6 Å². The summed E-state index contributed by atoms with van der Waals surface area (Å²) in [4.78, 5) is 25.9. The van der Waals surface area contributed by atoms with E-state index in [4.69, 9.17) is 0 Å². The normalized spacial score (nSPS) is 18.2. The van der Waals surface area contributed by atoms with E-state index in [0.717, 1.165) is 43.3 Å². The number of carbonyl (C=O) groups is 1. The monoisotopic (exact) mass is 331 g/mol. The molecule has 6 nitrogen and oxygen atoms in total. The van der Waals surface area contributed by atoms with Crippen molar-refractivity contribution in [1.82, 2.24) is 25.2 Å². The maximum Gasteiger partial charge on any atom is 0.267 e. The number of hydrogen-bond acceptors (Lipinski definition) is 5. The Morgan fingerprint density at radius 2 is 2.30 bits per heavy atom. The SMILES string of the molecule is CSc1ncc(CN2CCC(CNC(=O)c3ccc[nH]3)C2)cn1. The van der Waals surface area contributed by atoms with Crippen molar-refractivity contribution < 1.29 is 4.79 Å². The summed E-state index contributed by atoms with van der Waals surface area (Å²) in [5.41, 5.74) is 1.75. The second kappa shape index (κ2) is 7.61. The maximum absolute atomic E-state index is 11.9. The topological polar surface area (TPSA) is 73.9 Å². The van der Waals surface area contributed by atoms with Crippen LogP contribution in [-0.2, 0) is 6.54 Å². The fraction of sp³-hybridized carbons (Fsp3) is 0.438. The highest BCUT2D eigenvalue weighted by Crippen LogP contribution is 2.18. The highest BCUT2D eigenvalue weighted by Gasteiger charge is 2.23. The molecule has 23 heavy (non-hydrogen) atoms. The number of nitrogens with zero attached hydrogens (tertiary/aromatic N) is 3. The molecular formula is C16H21N5OS. The summed E-state index contributed by atoms with van der Waals surface area (Å²) in [6.07, 6.45) is 8.64. The molecule has 7 heteroatoms. The number of aromatic amines is 1. The van der Waals surface area contributed by atoms with E-state index >= 15 is 0 Å². The van der Waals surface area contributed by atoms with Gasteiger partial charge in [0, 0.05) is 43.8 Å². The highest BCUT2D eigenvalue weighted by atomic mass is 32.2. The average molecular weight is 331 g/mol. The van der Waals surface area contributed by atoms with Gasteiger partial charge in [-0.05, 0) is 37.3 Å². The molecule has 0 spiro atoms. The summed E-state index contributed by atoms with van der Waals surface area (Å²) in [7, 11) is 0. The van der Waals surface area contributed by atoms with Crippen molar-refractivity contribution in [1.29, 1.82) is 0 Å². The molecule has 1 saturated heterocycles. The smallest absolute Gasteiger partial charge is 0.267 e. The predicted octanol–water partition coefficient (Wildman–Crippen LogP) is 1.78. The van der Waals surface area contributed by atoms with Crippen LogP contribution in [0.1, 0.15) is 22.5 Å². The molecular weight excluding hydrogens is 310 g/mol. The van der Waals surface area contributed by atoms with Crippen LogP contribution in [0.4, 0.5) is 0 Å². The molecule has 1 aliphatic heterocycles. The van der Waals surface area contributed by atoms with Gasteiger partial charge in [-0.15, -0.1) is 0 Å². The van der Waals surface area contributed by atoms with Crippen molar-refractivity contribution >= 4 is 17.7 Å². The highest BCUT2D eigenvalue weighted by molar-refractivity contribution is 7.98. The Morgan fingerprint density at radius 1 is 1.48 bits per heavy atom. The van der Waals surface area contributed by atoms with Gasteiger partial charge in [0.05, 0.1) is 0 Å². The van der Waals surface area contributed by atoms with E-state index < -0.39 is 0 Å². The molecule has 0 saturated carbocycles. The summed E-state index contributed by atoms with van der Waals surface area (Å²) in [5, 5.41) is 3.81. The van der Waals surface area contributed by atoms with E-state index in [-0.39, 0.29) is 5.91 Å². The zero-order chi connectivity index (χ0) is 16.1. The van der Waals surface area contributed by atoms with Crippen LogP contribution >= 0.6 is 11.8 Å². The van der Waals surface area contributed by atoms with Gasteiger partial charge in [0.15, 0.2) is 5.16 Å². The summed E-state index contributed by atoms with van der Waals surface area (Å²) < 4.78 is 0. The van der Waals surface area contributed by atoms with E-state index in [1.807, 2.05) is 24.7 Å². The lowest BCUT2D eigenvalue weighted by Gasteiger charge is -2.16. The molecule has 0 bridgehead atoms. The average Bonchev–Trinajstić information content (AvgIpc) is 3.25. The van der Waals surface area contributed by atoms with Gasteiger partial charge in [-0.3, -0.25) is 9.69 Å². The maximum atomic E-state index is 11.9. The number of thioether (sulfide) groups is 1. The first-order chi connectivity index (χ1) is 11.2. The van der Waals surface area contributed by atoms with Crippen molar-refractivity contribution in [3.05, 3.63) is 42.0 Å². The molecule has 1 fully saturated rings. The summed E-state index contributed by atoms with van der Waals surface area (Å²) >= 11 is 1.55. The molecule has 3 heterocycles. The molecule has 1 atom stereocenters. The van der Waals surface area contributed by atoms with E-state index in [1.165, 1.54) is 0 Å². The van der Waals surface area contributed by atoms with E-state index in [0.29, 0.717) is 11.6 Å². The van der Waals surface area contributed by atoms with Gasteiger partial charge in [-0.25, -0.2) is 9.97 Å². The van der Waals surface area contributed by atoms with Crippen LogP contribution in [0.15, 0.2) is 35.9 Å². The van der Waals surface area contributed by atoms with Gasteiger partial charge in [-0.1, -0.05) is 11.8 Å². The third kappa shape index (κ3) is 4.33. The first-order valence-electron chi connectivity index (χ1n) is 7.73. The van der Waals surface area contributed by atoms with Crippen molar-refractivity contribution in [2.24, 2.45) is 5.92 Å². The largest absolute Gasteiger partial charge is 0.357 e. The van der Waals surface area contributed by atoms with Gasteiger partial charge < -0.3 is 10.3 Å². The zero-order valence-electron chi connectivity index (χ0n) is 13.2. The van der Waals surface area contributed by atoms with E-state index in [9.17, 15) is 4.79 Å². The van der Waals surface area contributed by atoms with Gasteiger partial charge in [0.2, 0.25) is 0 Å². The number of nitrogens with one attached hydrogen (secondary N) is 2. The van der Waals surface area contributed by atoms with Crippen molar-refractivity contribution in [3.8, 4) is 0 Å². The van der Waals surface area contributed by atoms with Crippen LogP contribution in [0.25, 0.3) is 0 Å². The summed E-state index contributed by atoms with van der Waals surface area (Å²) in [6.45, 7) is 3.63. The van der Waals surface area contributed by atoms with Crippen LogP contribution in [0.3, 0.4) is 0 Å². The van der Waals surface area contributed by atoms with E-state index in [1.54, 1.807) is 24.0 Å². The van der Waals surface area contributed by atoms with Crippen LogP contribution in [0.2, 0.25) is 0 Å². The van der Waals surface area contributed by atoms with Crippen molar-refractivity contribution in [2.45, 2.75) is 18.1 Å². The fourth-order valence-electron chi connectivity index (χ4n) is 2.82. The second-order valence-electron chi connectivity index (χ2n) is 5.76. The molecule has 3 rings (SSSR count). The lowest BCUT2D eigenvalue weighted by molar-refractivity contribution is 0.0943. The number of aromatic nitrogens is 3. The minimum atomic E-state index is -0.0329. The van der Waals surface area contributed by atoms with Crippen molar-refractivity contribution in [2.75, 3.05) is 25.9 Å². The van der Waals surface area contributed by atoms with Gasteiger partial charge >= 0.3 is 0 Å². The molecule has 1 aliphatic rings. The lowest BCUT2D eigenvalue weighted by atomic mass is 10.1. The van der Waals surface area contributed by atoms with Crippen LogP contribution < -0.4 is 5.32 Å². The quantitative estimate of drug-likeness (QED) is 0.623. The Morgan fingerprint density at radius 3 is 3.00 bits per heavy atom. The number of hydrogen-bond donors (Lipinski definition) is 2. The van der Waals surface area contributed by atoms with Crippen LogP contribution in [0.5, 0.6) is 0 Å². The number of amides is 1.